The van der Waals surface area contributed by atoms with E-state index in [0.717, 1.165) is 38.0 Å². The number of hydrogen-bond acceptors (Lipinski definition) is 4. The highest BCUT2D eigenvalue weighted by Crippen LogP contribution is 2.28. The van der Waals surface area contributed by atoms with Crippen LogP contribution in [-0.4, -0.2) is 38.9 Å². The molecule has 0 bridgehead atoms. The Kier molecular flexibility index (Phi) is 7.64. The number of carbonyl (C=O) groups excluding carboxylic acids is 1. The summed E-state index contributed by atoms with van der Waals surface area (Å²) in [7, 11) is -3.59. The monoisotopic (exact) mass is 429 g/mol. The summed E-state index contributed by atoms with van der Waals surface area (Å²) in [4.78, 5) is 15.0. The van der Waals surface area contributed by atoms with Gasteiger partial charge in [-0.15, -0.1) is 0 Å². The molecule has 0 aromatic heterocycles. The number of rotatable bonds is 11. The Morgan fingerprint density at radius 3 is 2.33 bits per heavy atom. The maximum Gasteiger partial charge on any atom is 0.251 e. The molecule has 2 aromatic rings. The molecular weight excluding hydrogens is 398 g/mol. The van der Waals surface area contributed by atoms with Crippen molar-refractivity contribution in [2.75, 3.05) is 19.6 Å². The number of sulfonamides is 1. The molecule has 162 valence electrons. The van der Waals surface area contributed by atoms with Gasteiger partial charge in [0.05, 0.1) is 4.90 Å². The lowest BCUT2D eigenvalue weighted by Crippen LogP contribution is -2.27. The van der Waals surface area contributed by atoms with Crippen molar-refractivity contribution < 1.29 is 13.2 Å². The highest BCUT2D eigenvalue weighted by Gasteiger charge is 2.24. The van der Waals surface area contributed by atoms with E-state index in [1.54, 1.807) is 12.1 Å². The van der Waals surface area contributed by atoms with Gasteiger partial charge in [-0.25, -0.2) is 13.1 Å². The highest BCUT2D eigenvalue weighted by atomic mass is 32.2. The Bertz CT molecular complexity index is 950. The molecule has 0 atom stereocenters. The molecule has 6 nitrogen and oxygen atoms in total. The molecule has 2 aromatic carbocycles. The summed E-state index contributed by atoms with van der Waals surface area (Å²) in [5.74, 6) is 0.158. The van der Waals surface area contributed by atoms with E-state index in [4.69, 9.17) is 0 Å². The van der Waals surface area contributed by atoms with Gasteiger partial charge in [-0.2, -0.15) is 0 Å². The van der Waals surface area contributed by atoms with Gasteiger partial charge in [0.1, 0.15) is 0 Å². The molecule has 0 aliphatic heterocycles. The molecule has 3 rings (SSSR count). The second-order valence-electron chi connectivity index (χ2n) is 7.78. The third-order valence-electron chi connectivity index (χ3n) is 5.44. The zero-order valence-electron chi connectivity index (χ0n) is 17.7. The highest BCUT2D eigenvalue weighted by molar-refractivity contribution is 7.89. The zero-order valence-corrected chi connectivity index (χ0v) is 18.5. The van der Waals surface area contributed by atoms with Crippen LogP contribution in [0.15, 0.2) is 53.4 Å². The lowest BCUT2D eigenvalue weighted by Gasteiger charge is -2.18. The molecular formula is C23H31N3O3S. The lowest BCUT2D eigenvalue weighted by atomic mass is 10.1. The van der Waals surface area contributed by atoms with Crippen LogP contribution in [0.25, 0.3) is 0 Å². The fraction of sp³-hybridized carbons (Fsp3) is 0.435. The number of nitrogens with zero attached hydrogens (tertiary/aromatic N) is 1. The normalized spacial score (nSPS) is 14.1. The summed E-state index contributed by atoms with van der Waals surface area (Å²) >= 11 is 0. The van der Waals surface area contributed by atoms with Crippen molar-refractivity contribution >= 4 is 15.9 Å². The van der Waals surface area contributed by atoms with Crippen LogP contribution in [0.5, 0.6) is 0 Å². The molecule has 7 heteroatoms. The first-order valence-corrected chi connectivity index (χ1v) is 12.1. The van der Waals surface area contributed by atoms with Crippen LogP contribution < -0.4 is 10.0 Å². The average molecular weight is 430 g/mol. The van der Waals surface area contributed by atoms with Crippen molar-refractivity contribution in [2.24, 2.45) is 5.92 Å². The zero-order chi connectivity index (χ0) is 21.6. The van der Waals surface area contributed by atoms with Gasteiger partial charge in [0, 0.05) is 25.2 Å². The number of nitrogens with one attached hydrogen (secondary N) is 2. The number of carbonyl (C=O) groups is 1. The Balaban J connectivity index is 1.57. The summed E-state index contributed by atoms with van der Waals surface area (Å²) < 4.78 is 27.5. The van der Waals surface area contributed by atoms with Gasteiger partial charge in [-0.3, -0.25) is 9.69 Å². The van der Waals surface area contributed by atoms with Crippen molar-refractivity contribution in [1.82, 2.24) is 14.9 Å². The van der Waals surface area contributed by atoms with E-state index >= 15 is 0 Å². The number of hydrogen-bond donors (Lipinski definition) is 2. The maximum atomic E-state index is 12.5. The smallest absolute Gasteiger partial charge is 0.251 e. The van der Waals surface area contributed by atoms with Gasteiger partial charge < -0.3 is 5.32 Å². The summed E-state index contributed by atoms with van der Waals surface area (Å²) in [6.07, 6.45) is 2.14. The minimum atomic E-state index is -3.59. The molecule has 1 amide bonds. The molecule has 0 spiro atoms. The van der Waals surface area contributed by atoms with Crippen molar-refractivity contribution in [3.63, 3.8) is 0 Å². The number of amides is 1. The Labute approximate surface area is 179 Å². The van der Waals surface area contributed by atoms with E-state index in [2.05, 4.69) is 40.9 Å². The minimum absolute atomic E-state index is 0.122. The van der Waals surface area contributed by atoms with E-state index in [1.165, 1.54) is 17.7 Å². The van der Waals surface area contributed by atoms with Gasteiger partial charge in [0.25, 0.3) is 5.91 Å². The van der Waals surface area contributed by atoms with Crippen molar-refractivity contribution in [3.05, 3.63) is 65.2 Å². The van der Waals surface area contributed by atoms with E-state index < -0.39 is 10.0 Å². The Morgan fingerprint density at radius 1 is 1.03 bits per heavy atom. The largest absolute Gasteiger partial charge is 0.348 e. The number of benzene rings is 2. The predicted octanol–water partition coefficient (Wildman–Crippen LogP) is 3.15. The minimum Gasteiger partial charge on any atom is -0.348 e. The molecule has 2 N–H and O–H groups in total. The first-order valence-electron chi connectivity index (χ1n) is 10.6. The molecule has 0 radical (unpaired) electrons. The van der Waals surface area contributed by atoms with Gasteiger partial charge in [0.15, 0.2) is 0 Å². The first kappa shape index (κ1) is 22.5. The molecule has 0 heterocycles. The van der Waals surface area contributed by atoms with E-state index in [-0.39, 0.29) is 10.8 Å². The Hall–Kier alpha value is -2.22. The average Bonchev–Trinajstić information content (AvgIpc) is 3.60. The fourth-order valence-electron chi connectivity index (χ4n) is 3.19. The van der Waals surface area contributed by atoms with Gasteiger partial charge >= 0.3 is 0 Å². The summed E-state index contributed by atoms with van der Waals surface area (Å²) in [5.41, 5.74) is 2.58. The summed E-state index contributed by atoms with van der Waals surface area (Å²) in [6, 6.07) is 14.4. The summed E-state index contributed by atoms with van der Waals surface area (Å²) in [6.45, 7) is 8.09. The second-order valence-corrected chi connectivity index (χ2v) is 9.55. The molecule has 1 aliphatic carbocycles. The molecule has 0 unspecified atom stereocenters. The van der Waals surface area contributed by atoms with Crippen LogP contribution in [0.1, 0.15) is 48.2 Å². The van der Waals surface area contributed by atoms with E-state index in [9.17, 15) is 13.2 Å². The SMILES string of the molecule is CCN(CC)Cc1ccc(CNC(=O)c2cccc(S(=O)(=O)NCC3CC3)c2)cc1. The summed E-state index contributed by atoms with van der Waals surface area (Å²) in [5, 5.41) is 2.87. The van der Waals surface area contributed by atoms with Gasteiger partial charge in [-0.05, 0) is 61.2 Å². The third-order valence-corrected chi connectivity index (χ3v) is 6.86. The lowest BCUT2D eigenvalue weighted by molar-refractivity contribution is 0.0950. The van der Waals surface area contributed by atoms with Gasteiger partial charge in [-0.1, -0.05) is 44.2 Å². The van der Waals surface area contributed by atoms with Crippen molar-refractivity contribution in [3.8, 4) is 0 Å². The van der Waals surface area contributed by atoms with Crippen LogP contribution >= 0.6 is 0 Å². The topological polar surface area (TPSA) is 78.5 Å². The first-order chi connectivity index (χ1) is 14.4. The van der Waals surface area contributed by atoms with Crippen molar-refractivity contribution in [2.45, 2.75) is 44.7 Å². The molecule has 1 fully saturated rings. The second kappa shape index (κ2) is 10.2. The van der Waals surface area contributed by atoms with E-state index in [0.29, 0.717) is 24.6 Å². The molecule has 1 saturated carbocycles. The molecule has 30 heavy (non-hydrogen) atoms. The fourth-order valence-corrected chi connectivity index (χ4v) is 4.35. The van der Waals surface area contributed by atoms with Crippen LogP contribution in [0.4, 0.5) is 0 Å². The standard InChI is InChI=1S/C23H31N3O3S/c1-3-26(4-2)17-20-12-10-18(11-13-20)15-24-23(27)21-6-5-7-22(14-21)30(28,29)25-16-19-8-9-19/h5-7,10-14,19,25H,3-4,8-9,15-17H2,1-2H3,(H,24,27). The van der Waals surface area contributed by atoms with Crippen LogP contribution in [-0.2, 0) is 23.1 Å². The van der Waals surface area contributed by atoms with Crippen LogP contribution in [0, 0.1) is 5.92 Å². The van der Waals surface area contributed by atoms with Gasteiger partial charge in [0.2, 0.25) is 10.0 Å². The quantitative estimate of drug-likeness (QED) is 0.575. The van der Waals surface area contributed by atoms with Crippen molar-refractivity contribution in [1.29, 1.82) is 0 Å². The molecule has 1 aliphatic rings. The predicted molar refractivity (Wildman–Crippen MR) is 119 cm³/mol. The van der Waals surface area contributed by atoms with Crippen LogP contribution in [0.2, 0.25) is 0 Å². The molecule has 0 saturated heterocycles. The van der Waals surface area contributed by atoms with Crippen LogP contribution in [0.3, 0.4) is 0 Å². The van der Waals surface area contributed by atoms with E-state index in [1.807, 2.05) is 12.1 Å². The maximum absolute atomic E-state index is 12.5. The third kappa shape index (κ3) is 6.39. The Morgan fingerprint density at radius 2 is 1.70 bits per heavy atom.